The van der Waals surface area contributed by atoms with E-state index < -0.39 is 0 Å². The molecule has 5 heteroatoms. The lowest BCUT2D eigenvalue weighted by Crippen LogP contribution is -2.24. The number of benzene rings is 6. The highest BCUT2D eigenvalue weighted by molar-refractivity contribution is 6.09. The van der Waals surface area contributed by atoms with Crippen LogP contribution < -0.4 is 14.5 Å². The molecule has 2 heterocycles. The fourth-order valence-corrected chi connectivity index (χ4v) is 6.25. The first kappa shape index (κ1) is 26.7. The highest BCUT2D eigenvalue weighted by atomic mass is 19.1. The first-order valence-corrected chi connectivity index (χ1v) is 14.9. The van der Waals surface area contributed by atoms with Gasteiger partial charge in [-0.05, 0) is 96.1 Å². The lowest BCUT2D eigenvalue weighted by atomic mass is 9.96. The maximum absolute atomic E-state index is 14.0. The van der Waals surface area contributed by atoms with Gasteiger partial charge in [-0.25, -0.2) is 9.37 Å². The summed E-state index contributed by atoms with van der Waals surface area (Å²) in [7, 11) is 1.67. The third-order valence-electron chi connectivity index (χ3n) is 8.34. The van der Waals surface area contributed by atoms with E-state index in [1.165, 1.54) is 12.1 Å². The van der Waals surface area contributed by atoms with Gasteiger partial charge in [-0.3, -0.25) is 0 Å². The van der Waals surface area contributed by atoms with Crippen molar-refractivity contribution in [2.45, 2.75) is 0 Å². The molecule has 0 radical (unpaired) electrons. The minimum absolute atomic E-state index is 0.278. The lowest BCUT2D eigenvalue weighted by Gasteiger charge is -2.40. The second kappa shape index (κ2) is 11.0. The first-order chi connectivity index (χ1) is 22.2. The molecule has 0 unspecified atom stereocenters. The van der Waals surface area contributed by atoms with E-state index in [1.54, 1.807) is 19.2 Å². The molecule has 0 amide bonds. The van der Waals surface area contributed by atoms with Crippen molar-refractivity contribution >= 4 is 45.0 Å². The number of hydrogen-bond donors (Lipinski definition) is 0. The van der Waals surface area contributed by atoms with Crippen molar-refractivity contribution in [3.8, 4) is 28.1 Å². The largest absolute Gasteiger partial charge is 0.497 e. The van der Waals surface area contributed by atoms with Crippen molar-refractivity contribution in [1.29, 1.82) is 0 Å². The minimum atomic E-state index is -0.278. The van der Waals surface area contributed by atoms with Gasteiger partial charge in [0.2, 0.25) is 0 Å². The number of pyridine rings is 1. The SMILES string of the molecule is COc1ccc(-c2cc(-c3ccc(F)cc3)nc3c(N4c5ccccc5N(c5ccccc5)c5ccccc54)cccc23)cc1. The quantitative estimate of drug-likeness (QED) is 0.201. The van der Waals surface area contributed by atoms with E-state index in [1.807, 2.05) is 18.2 Å². The smallest absolute Gasteiger partial charge is 0.123 e. The van der Waals surface area contributed by atoms with Crippen LogP contribution >= 0.6 is 0 Å². The van der Waals surface area contributed by atoms with E-state index in [4.69, 9.17) is 9.72 Å². The summed E-state index contributed by atoms with van der Waals surface area (Å²) in [5, 5.41) is 1.02. The molecule has 1 aliphatic rings. The molecule has 0 aliphatic carbocycles. The topological polar surface area (TPSA) is 28.6 Å². The number of aromatic nitrogens is 1. The molecule has 1 aromatic heterocycles. The van der Waals surface area contributed by atoms with Gasteiger partial charge in [0.1, 0.15) is 11.6 Å². The van der Waals surface area contributed by atoms with Crippen LogP contribution in [0.5, 0.6) is 5.75 Å². The summed E-state index contributed by atoms with van der Waals surface area (Å²) in [6.07, 6.45) is 0. The highest BCUT2D eigenvalue weighted by Crippen LogP contribution is 2.55. The summed E-state index contributed by atoms with van der Waals surface area (Å²) >= 11 is 0. The summed E-state index contributed by atoms with van der Waals surface area (Å²) in [6, 6.07) is 50.5. The van der Waals surface area contributed by atoms with Gasteiger partial charge >= 0.3 is 0 Å². The molecule has 0 N–H and O–H groups in total. The number of nitrogens with zero attached hydrogens (tertiary/aromatic N) is 3. The fourth-order valence-electron chi connectivity index (χ4n) is 6.25. The Morgan fingerprint density at radius 1 is 0.533 bits per heavy atom. The van der Waals surface area contributed by atoms with Gasteiger partial charge in [-0.2, -0.15) is 0 Å². The second-order valence-corrected chi connectivity index (χ2v) is 10.9. The van der Waals surface area contributed by atoms with Crippen LogP contribution in [-0.2, 0) is 0 Å². The van der Waals surface area contributed by atoms with Gasteiger partial charge in [0.15, 0.2) is 0 Å². The number of para-hydroxylation sites is 6. The van der Waals surface area contributed by atoms with Gasteiger partial charge in [-0.1, -0.05) is 66.7 Å². The lowest BCUT2D eigenvalue weighted by molar-refractivity contribution is 0.415. The Morgan fingerprint density at radius 3 is 1.71 bits per heavy atom. The van der Waals surface area contributed by atoms with E-state index >= 15 is 0 Å². The average Bonchev–Trinajstić information content (AvgIpc) is 3.10. The molecule has 0 atom stereocenters. The van der Waals surface area contributed by atoms with Crippen LogP contribution in [0.3, 0.4) is 0 Å². The predicted octanol–water partition coefficient (Wildman–Crippen LogP) is 11.0. The van der Waals surface area contributed by atoms with Gasteiger partial charge in [0.25, 0.3) is 0 Å². The predicted molar refractivity (Wildman–Crippen MR) is 182 cm³/mol. The molecular weight excluding hydrogens is 557 g/mol. The number of hydrogen-bond acceptors (Lipinski definition) is 4. The van der Waals surface area contributed by atoms with Crippen molar-refractivity contribution in [2.24, 2.45) is 0 Å². The van der Waals surface area contributed by atoms with Gasteiger partial charge in [-0.15, -0.1) is 0 Å². The van der Waals surface area contributed by atoms with Crippen molar-refractivity contribution in [3.05, 3.63) is 157 Å². The van der Waals surface area contributed by atoms with E-state index in [0.717, 1.165) is 73.2 Å². The summed E-state index contributed by atoms with van der Waals surface area (Å²) in [5.41, 5.74) is 10.8. The molecule has 8 rings (SSSR count). The molecule has 4 nitrogen and oxygen atoms in total. The summed E-state index contributed by atoms with van der Waals surface area (Å²) in [5.74, 6) is 0.515. The molecule has 45 heavy (non-hydrogen) atoms. The Kier molecular flexibility index (Phi) is 6.50. The number of ether oxygens (including phenoxy) is 1. The van der Waals surface area contributed by atoms with Crippen molar-refractivity contribution in [1.82, 2.24) is 4.98 Å². The minimum Gasteiger partial charge on any atom is -0.497 e. The zero-order valence-electron chi connectivity index (χ0n) is 24.6. The number of rotatable bonds is 5. The van der Waals surface area contributed by atoms with Gasteiger partial charge in [0, 0.05) is 16.6 Å². The normalized spacial score (nSPS) is 12.1. The fraction of sp³-hybridized carbons (Fsp3) is 0.0250. The Hall–Kier alpha value is -5.94. The summed E-state index contributed by atoms with van der Waals surface area (Å²) in [4.78, 5) is 9.91. The van der Waals surface area contributed by atoms with Gasteiger partial charge in [0.05, 0.1) is 46.8 Å². The molecule has 7 aromatic rings. The van der Waals surface area contributed by atoms with Crippen LogP contribution in [0.4, 0.5) is 38.5 Å². The monoisotopic (exact) mass is 585 g/mol. The number of methoxy groups -OCH3 is 1. The molecule has 0 saturated carbocycles. The third kappa shape index (κ3) is 4.57. The van der Waals surface area contributed by atoms with E-state index in [9.17, 15) is 4.39 Å². The molecule has 6 aromatic carbocycles. The van der Waals surface area contributed by atoms with Crippen molar-refractivity contribution in [2.75, 3.05) is 16.9 Å². The maximum Gasteiger partial charge on any atom is 0.123 e. The average molecular weight is 586 g/mol. The highest BCUT2D eigenvalue weighted by Gasteiger charge is 2.31. The number of anilines is 6. The second-order valence-electron chi connectivity index (χ2n) is 10.9. The van der Waals surface area contributed by atoms with Crippen molar-refractivity contribution in [3.63, 3.8) is 0 Å². The molecule has 1 aliphatic heterocycles. The Bertz CT molecular complexity index is 2120. The van der Waals surface area contributed by atoms with Crippen LogP contribution in [0, 0.1) is 5.82 Å². The van der Waals surface area contributed by atoms with Crippen LogP contribution in [0.15, 0.2) is 152 Å². The Balaban J connectivity index is 1.41. The molecule has 0 saturated heterocycles. The molecular formula is C40H28FN3O. The molecule has 216 valence electrons. The van der Waals surface area contributed by atoms with Crippen LogP contribution in [0.2, 0.25) is 0 Å². The molecule has 0 bridgehead atoms. The zero-order chi connectivity index (χ0) is 30.3. The maximum atomic E-state index is 14.0. The number of halogens is 1. The van der Waals surface area contributed by atoms with Crippen LogP contribution in [0.25, 0.3) is 33.3 Å². The van der Waals surface area contributed by atoms with E-state index in [-0.39, 0.29) is 5.82 Å². The summed E-state index contributed by atoms with van der Waals surface area (Å²) < 4.78 is 19.4. The third-order valence-corrected chi connectivity index (χ3v) is 8.34. The van der Waals surface area contributed by atoms with Crippen molar-refractivity contribution < 1.29 is 9.13 Å². The van der Waals surface area contributed by atoms with E-state index in [0.29, 0.717) is 0 Å². The van der Waals surface area contributed by atoms with Crippen LogP contribution in [0.1, 0.15) is 0 Å². The zero-order valence-corrected chi connectivity index (χ0v) is 24.6. The first-order valence-electron chi connectivity index (χ1n) is 14.9. The van der Waals surface area contributed by atoms with Crippen LogP contribution in [-0.4, -0.2) is 12.1 Å². The van der Waals surface area contributed by atoms with Gasteiger partial charge < -0.3 is 14.5 Å². The molecule has 0 spiro atoms. The number of fused-ring (bicyclic) bond motifs is 3. The Morgan fingerprint density at radius 2 is 1.09 bits per heavy atom. The van der Waals surface area contributed by atoms with E-state index in [2.05, 4.69) is 119 Å². The standard InChI is InChI=1S/C40H28FN3O/c1-45-31-24-20-27(21-25-31)33-26-34(28-18-22-29(41)23-19-28)42-40-32(33)12-9-17-39(40)44-37-15-7-5-13-35(37)43(30-10-3-2-4-11-30)36-14-6-8-16-38(36)44/h2-26H,1H3. The molecule has 0 fully saturated rings. The summed E-state index contributed by atoms with van der Waals surface area (Å²) in [6.45, 7) is 0. The Labute approximate surface area is 261 Å².